The van der Waals surface area contributed by atoms with Crippen molar-refractivity contribution in [1.82, 2.24) is 25.0 Å². The lowest BCUT2D eigenvalue weighted by Gasteiger charge is -2.19. The predicted molar refractivity (Wildman–Crippen MR) is 126 cm³/mol. The summed E-state index contributed by atoms with van der Waals surface area (Å²) in [5, 5.41) is 21.6. The fourth-order valence-corrected chi connectivity index (χ4v) is 4.55. The van der Waals surface area contributed by atoms with E-state index in [9.17, 15) is 4.79 Å². The van der Waals surface area contributed by atoms with Crippen LogP contribution in [0.2, 0.25) is 0 Å². The molecule has 0 saturated heterocycles. The second-order valence-corrected chi connectivity index (χ2v) is 9.60. The van der Waals surface area contributed by atoms with Crippen molar-refractivity contribution < 1.29 is 14.3 Å². The minimum absolute atomic E-state index is 0.0889. The first kappa shape index (κ1) is 24.0. The number of benzene rings is 1. The number of thioether (sulfide) groups is 1. The van der Waals surface area contributed by atoms with Crippen molar-refractivity contribution in [2.75, 3.05) is 18.2 Å². The van der Waals surface area contributed by atoms with Crippen molar-refractivity contribution in [2.45, 2.75) is 57.8 Å². The molecule has 172 valence electrons. The van der Waals surface area contributed by atoms with E-state index in [0.29, 0.717) is 27.6 Å². The van der Waals surface area contributed by atoms with E-state index in [0.717, 1.165) is 5.01 Å². The summed E-state index contributed by atoms with van der Waals surface area (Å²) in [6, 6.07) is 7.56. The van der Waals surface area contributed by atoms with Gasteiger partial charge in [0.25, 0.3) is 0 Å². The van der Waals surface area contributed by atoms with E-state index in [1.54, 1.807) is 7.11 Å². The lowest BCUT2D eigenvalue weighted by atomic mass is 10.2. The molecule has 0 aliphatic heterocycles. The second kappa shape index (κ2) is 10.8. The molecule has 3 rings (SSSR count). The molecule has 32 heavy (non-hydrogen) atoms. The number of para-hydroxylation sites is 2. The van der Waals surface area contributed by atoms with E-state index in [1.165, 1.54) is 23.1 Å². The molecule has 0 radical (unpaired) electrons. The Hall–Kier alpha value is -2.66. The van der Waals surface area contributed by atoms with Crippen LogP contribution in [-0.2, 0) is 4.79 Å². The number of hydrogen-bond donors (Lipinski definition) is 1. The number of rotatable bonds is 10. The van der Waals surface area contributed by atoms with E-state index in [2.05, 4.69) is 25.7 Å². The summed E-state index contributed by atoms with van der Waals surface area (Å²) in [6.45, 7) is 10.1. The number of carbonyl (C=O) groups is 1. The van der Waals surface area contributed by atoms with Gasteiger partial charge in [-0.3, -0.25) is 10.1 Å². The molecule has 0 spiro atoms. The highest BCUT2D eigenvalue weighted by molar-refractivity contribution is 7.99. The lowest BCUT2D eigenvalue weighted by Crippen LogP contribution is -2.16. The second-order valence-electron chi connectivity index (χ2n) is 7.65. The molecule has 2 aromatic heterocycles. The largest absolute Gasteiger partial charge is 0.493 e. The van der Waals surface area contributed by atoms with Gasteiger partial charge in [0.2, 0.25) is 11.0 Å². The van der Waals surface area contributed by atoms with Crippen LogP contribution in [-0.4, -0.2) is 43.7 Å². The molecule has 1 atom stereocenters. The van der Waals surface area contributed by atoms with Gasteiger partial charge in [0.1, 0.15) is 5.01 Å². The summed E-state index contributed by atoms with van der Waals surface area (Å²) in [6.07, 6.45) is -0.361. The smallest absolute Gasteiger partial charge is 0.236 e. The molecular weight excluding hydrogens is 448 g/mol. The van der Waals surface area contributed by atoms with Gasteiger partial charge in [-0.15, -0.1) is 20.4 Å². The van der Waals surface area contributed by atoms with Crippen LogP contribution in [0.5, 0.6) is 11.5 Å². The van der Waals surface area contributed by atoms with E-state index < -0.39 is 0 Å². The molecule has 1 amide bonds. The molecule has 11 heteroatoms. The van der Waals surface area contributed by atoms with E-state index in [4.69, 9.17) is 9.47 Å². The van der Waals surface area contributed by atoms with Gasteiger partial charge in [0, 0.05) is 12.0 Å². The summed E-state index contributed by atoms with van der Waals surface area (Å²) in [5.41, 5.74) is 0. The number of amides is 1. The third-order valence-electron chi connectivity index (χ3n) is 4.46. The molecule has 9 nitrogen and oxygen atoms in total. The Morgan fingerprint density at radius 3 is 2.44 bits per heavy atom. The molecule has 0 fully saturated rings. The molecule has 0 bridgehead atoms. The van der Waals surface area contributed by atoms with Crippen molar-refractivity contribution in [1.29, 1.82) is 0 Å². The van der Waals surface area contributed by atoms with Crippen LogP contribution >= 0.6 is 23.1 Å². The standard InChI is InChI=1S/C21H28N6O3S2/c1-12(2)19-24-25-20(32-19)22-17(28)11-31-21-26-23-18(27(21)13(3)4)14(5)30-16-10-8-7-9-15(16)29-6/h7-10,12-14H,11H2,1-6H3,(H,22,25,28). The normalized spacial score (nSPS) is 12.2. The predicted octanol–water partition coefficient (Wildman–Crippen LogP) is 4.71. The number of methoxy groups -OCH3 is 1. The number of nitrogens with zero attached hydrogens (tertiary/aromatic N) is 5. The minimum Gasteiger partial charge on any atom is -0.493 e. The molecule has 3 aromatic rings. The highest BCUT2D eigenvalue weighted by atomic mass is 32.2. The van der Waals surface area contributed by atoms with Crippen molar-refractivity contribution in [2.24, 2.45) is 0 Å². The zero-order chi connectivity index (χ0) is 23.3. The SMILES string of the molecule is COc1ccccc1OC(C)c1nnc(SCC(=O)Nc2nnc(C(C)C)s2)n1C(C)C. The average Bonchev–Trinajstić information content (AvgIpc) is 3.40. The average molecular weight is 477 g/mol. The number of aromatic nitrogens is 5. The van der Waals surface area contributed by atoms with E-state index >= 15 is 0 Å². The Kier molecular flexibility index (Phi) is 8.08. The zero-order valence-electron chi connectivity index (χ0n) is 19.0. The number of carbonyl (C=O) groups excluding carboxylic acids is 1. The first-order valence-corrected chi connectivity index (χ1v) is 12.1. The highest BCUT2D eigenvalue weighted by Gasteiger charge is 2.23. The number of hydrogen-bond acceptors (Lipinski definition) is 9. The maximum atomic E-state index is 12.4. The molecule has 1 aromatic carbocycles. The number of nitrogens with one attached hydrogen (secondary N) is 1. The summed E-state index contributed by atoms with van der Waals surface area (Å²) in [4.78, 5) is 12.4. The van der Waals surface area contributed by atoms with Gasteiger partial charge < -0.3 is 14.0 Å². The van der Waals surface area contributed by atoms with Gasteiger partial charge in [-0.25, -0.2) is 0 Å². The molecular formula is C21H28N6O3S2. The van der Waals surface area contributed by atoms with Crippen molar-refractivity contribution in [3.63, 3.8) is 0 Å². The Balaban J connectivity index is 1.68. The first-order chi connectivity index (χ1) is 15.3. The lowest BCUT2D eigenvalue weighted by molar-refractivity contribution is -0.113. The molecule has 0 aliphatic rings. The van der Waals surface area contributed by atoms with Gasteiger partial charge in [0.05, 0.1) is 12.9 Å². The topological polar surface area (TPSA) is 104 Å². The van der Waals surface area contributed by atoms with Crippen LogP contribution < -0.4 is 14.8 Å². The maximum absolute atomic E-state index is 12.4. The summed E-state index contributed by atoms with van der Waals surface area (Å²) >= 11 is 2.71. The molecule has 0 saturated carbocycles. The third kappa shape index (κ3) is 5.77. The fourth-order valence-electron chi connectivity index (χ4n) is 2.91. The summed E-state index contributed by atoms with van der Waals surface area (Å²) in [7, 11) is 1.61. The maximum Gasteiger partial charge on any atom is 0.236 e. The van der Waals surface area contributed by atoms with E-state index in [-0.39, 0.29) is 29.7 Å². The highest BCUT2D eigenvalue weighted by Crippen LogP contribution is 2.32. The zero-order valence-corrected chi connectivity index (χ0v) is 20.7. The monoisotopic (exact) mass is 476 g/mol. The van der Waals surface area contributed by atoms with Gasteiger partial charge in [-0.05, 0) is 32.9 Å². The van der Waals surface area contributed by atoms with Gasteiger partial charge in [-0.1, -0.05) is 49.1 Å². The Bertz CT molecular complexity index is 1050. The summed E-state index contributed by atoms with van der Waals surface area (Å²) < 4.78 is 13.5. The first-order valence-electron chi connectivity index (χ1n) is 10.3. The molecule has 1 N–H and O–H groups in total. The fraction of sp³-hybridized carbons (Fsp3) is 0.476. The molecule has 2 heterocycles. The van der Waals surface area contributed by atoms with Crippen LogP contribution in [0.25, 0.3) is 0 Å². The molecule has 0 aliphatic carbocycles. The van der Waals surface area contributed by atoms with Crippen LogP contribution in [0.15, 0.2) is 29.4 Å². The van der Waals surface area contributed by atoms with Gasteiger partial charge in [0.15, 0.2) is 28.6 Å². The van der Waals surface area contributed by atoms with Gasteiger partial charge >= 0.3 is 0 Å². The summed E-state index contributed by atoms with van der Waals surface area (Å²) in [5.74, 6) is 2.25. The number of ether oxygens (including phenoxy) is 2. The van der Waals surface area contributed by atoms with Crippen LogP contribution in [0, 0.1) is 0 Å². The Labute approximate surface area is 195 Å². The van der Waals surface area contributed by atoms with Gasteiger partial charge in [-0.2, -0.15) is 0 Å². The van der Waals surface area contributed by atoms with Crippen LogP contribution in [0.3, 0.4) is 0 Å². The quantitative estimate of drug-likeness (QED) is 0.420. The Morgan fingerprint density at radius 2 is 1.81 bits per heavy atom. The van der Waals surface area contributed by atoms with Crippen LogP contribution in [0.4, 0.5) is 5.13 Å². The minimum atomic E-state index is -0.361. The molecule has 1 unspecified atom stereocenters. The van der Waals surface area contributed by atoms with Crippen molar-refractivity contribution >= 4 is 34.1 Å². The van der Waals surface area contributed by atoms with Crippen molar-refractivity contribution in [3.8, 4) is 11.5 Å². The van der Waals surface area contributed by atoms with Crippen LogP contribution in [0.1, 0.15) is 63.5 Å². The Morgan fingerprint density at radius 1 is 1.09 bits per heavy atom. The number of anilines is 1. The van der Waals surface area contributed by atoms with Crippen molar-refractivity contribution in [3.05, 3.63) is 35.1 Å². The third-order valence-corrected chi connectivity index (χ3v) is 6.54. The van der Waals surface area contributed by atoms with E-state index in [1.807, 2.05) is 63.5 Å².